The number of rotatable bonds is 1. The summed E-state index contributed by atoms with van der Waals surface area (Å²) in [6.07, 6.45) is 7.32. The Bertz CT molecular complexity index is 396. The molecule has 1 aliphatic carbocycles. The lowest BCUT2D eigenvalue weighted by atomic mass is 9.79. The molecule has 3 unspecified atom stereocenters. The van der Waals surface area contributed by atoms with E-state index in [-0.39, 0.29) is 0 Å². The largest absolute Gasteiger partial charge is 0.331 e. The highest BCUT2D eigenvalue weighted by molar-refractivity contribution is 5.17. The average Bonchev–Trinajstić information content (AvgIpc) is 2.73. The van der Waals surface area contributed by atoms with Crippen LogP contribution in [0.2, 0.25) is 0 Å². The second kappa shape index (κ2) is 4.45. The summed E-state index contributed by atoms with van der Waals surface area (Å²) in [4.78, 5) is 4.59. The van der Waals surface area contributed by atoms with Gasteiger partial charge in [0.2, 0.25) is 0 Å². The van der Waals surface area contributed by atoms with Crippen LogP contribution in [-0.4, -0.2) is 16.1 Å². The van der Waals surface area contributed by atoms with E-state index in [9.17, 15) is 0 Å². The lowest BCUT2D eigenvalue weighted by Crippen LogP contribution is -2.29. The van der Waals surface area contributed by atoms with Crippen LogP contribution < -0.4 is 5.32 Å². The van der Waals surface area contributed by atoms with Crippen LogP contribution in [0.4, 0.5) is 0 Å². The van der Waals surface area contributed by atoms with Crippen molar-refractivity contribution in [1.29, 1.82) is 0 Å². The number of imidazole rings is 1. The topological polar surface area (TPSA) is 29.9 Å². The molecule has 0 saturated heterocycles. The van der Waals surface area contributed by atoms with Crippen molar-refractivity contribution in [2.24, 2.45) is 11.8 Å². The molecule has 17 heavy (non-hydrogen) atoms. The van der Waals surface area contributed by atoms with E-state index in [4.69, 9.17) is 0 Å². The Morgan fingerprint density at radius 1 is 1.35 bits per heavy atom. The molecule has 1 aliphatic heterocycles. The summed E-state index contributed by atoms with van der Waals surface area (Å²) >= 11 is 0. The Hall–Kier alpha value is -0.830. The van der Waals surface area contributed by atoms with Gasteiger partial charge in [-0.25, -0.2) is 4.98 Å². The Kier molecular flexibility index (Phi) is 2.95. The molecule has 3 heteroatoms. The van der Waals surface area contributed by atoms with Crippen LogP contribution in [0, 0.1) is 11.8 Å². The van der Waals surface area contributed by atoms with Crippen LogP contribution in [-0.2, 0) is 13.0 Å². The fourth-order valence-electron chi connectivity index (χ4n) is 3.61. The highest BCUT2D eigenvalue weighted by Crippen LogP contribution is 2.37. The lowest BCUT2D eigenvalue weighted by molar-refractivity contribution is 0.204. The first-order valence-electron chi connectivity index (χ1n) is 7.01. The molecule has 0 spiro atoms. The summed E-state index contributed by atoms with van der Waals surface area (Å²) in [6.45, 7) is 6.86. The molecule has 3 nitrogen and oxygen atoms in total. The minimum Gasteiger partial charge on any atom is -0.331 e. The first-order chi connectivity index (χ1) is 8.25. The molecule has 0 amide bonds. The SMILES string of the molecule is CC1CCC(n2cnc3c2CCNC3)C(C)C1. The highest BCUT2D eigenvalue weighted by Gasteiger charge is 2.29. The van der Waals surface area contributed by atoms with E-state index in [1.165, 1.54) is 30.7 Å². The first-order valence-corrected chi connectivity index (χ1v) is 7.01. The predicted molar refractivity (Wildman–Crippen MR) is 68.9 cm³/mol. The lowest BCUT2D eigenvalue weighted by Gasteiger charge is -2.35. The van der Waals surface area contributed by atoms with Crippen molar-refractivity contribution in [2.75, 3.05) is 6.54 Å². The van der Waals surface area contributed by atoms with Crippen LogP contribution in [0.25, 0.3) is 0 Å². The maximum absolute atomic E-state index is 4.59. The normalized spacial score (nSPS) is 33.4. The van der Waals surface area contributed by atoms with Crippen LogP contribution >= 0.6 is 0 Å². The van der Waals surface area contributed by atoms with Gasteiger partial charge in [0.15, 0.2) is 0 Å². The molecular weight excluding hydrogens is 210 g/mol. The van der Waals surface area contributed by atoms with Crippen molar-refractivity contribution in [1.82, 2.24) is 14.9 Å². The van der Waals surface area contributed by atoms with E-state index in [0.717, 1.165) is 31.3 Å². The molecule has 0 radical (unpaired) electrons. The number of fused-ring (bicyclic) bond motifs is 1. The van der Waals surface area contributed by atoms with Gasteiger partial charge in [0.1, 0.15) is 0 Å². The number of hydrogen-bond acceptors (Lipinski definition) is 2. The summed E-state index contributed by atoms with van der Waals surface area (Å²) < 4.78 is 2.49. The summed E-state index contributed by atoms with van der Waals surface area (Å²) in [5.74, 6) is 1.70. The summed E-state index contributed by atoms with van der Waals surface area (Å²) in [6, 6.07) is 0.695. The van der Waals surface area contributed by atoms with E-state index in [1.54, 1.807) is 0 Å². The maximum Gasteiger partial charge on any atom is 0.0954 e. The van der Waals surface area contributed by atoms with E-state index in [0.29, 0.717) is 6.04 Å². The van der Waals surface area contributed by atoms with Crippen molar-refractivity contribution in [3.05, 3.63) is 17.7 Å². The van der Waals surface area contributed by atoms with E-state index in [2.05, 4.69) is 35.0 Å². The summed E-state index contributed by atoms with van der Waals surface area (Å²) in [5.41, 5.74) is 2.78. The third-order valence-corrected chi connectivity index (χ3v) is 4.56. The molecule has 0 bridgehead atoms. The standard InChI is InChI=1S/C14H23N3/c1-10-3-4-13(11(2)7-10)17-9-16-12-8-15-6-5-14(12)17/h9-11,13,15H,3-8H2,1-2H3. The molecule has 3 rings (SSSR count). The van der Waals surface area contributed by atoms with Gasteiger partial charge in [-0.2, -0.15) is 0 Å². The van der Waals surface area contributed by atoms with Crippen molar-refractivity contribution in [3.63, 3.8) is 0 Å². The van der Waals surface area contributed by atoms with Crippen LogP contribution in [0.3, 0.4) is 0 Å². The Balaban J connectivity index is 1.86. The van der Waals surface area contributed by atoms with Gasteiger partial charge in [-0.15, -0.1) is 0 Å². The number of aromatic nitrogens is 2. The second-order valence-corrected chi connectivity index (χ2v) is 5.93. The van der Waals surface area contributed by atoms with E-state index < -0.39 is 0 Å². The first kappa shape index (κ1) is 11.3. The van der Waals surface area contributed by atoms with Gasteiger partial charge in [-0.05, 0) is 31.1 Å². The van der Waals surface area contributed by atoms with E-state index in [1.807, 2.05) is 0 Å². The van der Waals surface area contributed by atoms with Gasteiger partial charge in [0.05, 0.1) is 12.0 Å². The van der Waals surface area contributed by atoms with Crippen molar-refractivity contribution in [2.45, 2.75) is 52.1 Å². The highest BCUT2D eigenvalue weighted by atomic mass is 15.1. The zero-order chi connectivity index (χ0) is 11.8. The van der Waals surface area contributed by atoms with Gasteiger partial charge in [-0.3, -0.25) is 0 Å². The quantitative estimate of drug-likeness (QED) is 0.808. The Labute approximate surface area is 104 Å². The summed E-state index contributed by atoms with van der Waals surface area (Å²) in [7, 11) is 0. The van der Waals surface area contributed by atoms with Crippen molar-refractivity contribution in [3.8, 4) is 0 Å². The molecule has 94 valence electrons. The van der Waals surface area contributed by atoms with E-state index >= 15 is 0 Å². The molecule has 0 aromatic carbocycles. The molecule has 3 atom stereocenters. The molecule has 1 aromatic rings. The third kappa shape index (κ3) is 2.01. The minimum absolute atomic E-state index is 0.695. The predicted octanol–water partition coefficient (Wildman–Crippen LogP) is 2.53. The fourth-order valence-corrected chi connectivity index (χ4v) is 3.61. The Morgan fingerprint density at radius 3 is 3.06 bits per heavy atom. The van der Waals surface area contributed by atoms with Gasteiger partial charge in [-0.1, -0.05) is 13.8 Å². The maximum atomic E-state index is 4.59. The molecule has 1 aromatic heterocycles. The smallest absolute Gasteiger partial charge is 0.0954 e. The van der Waals surface area contributed by atoms with Crippen molar-refractivity contribution >= 4 is 0 Å². The van der Waals surface area contributed by atoms with Crippen LogP contribution in [0.5, 0.6) is 0 Å². The molecule has 1 fully saturated rings. The number of hydrogen-bond donors (Lipinski definition) is 1. The van der Waals surface area contributed by atoms with Crippen LogP contribution in [0.15, 0.2) is 6.33 Å². The van der Waals surface area contributed by atoms with Gasteiger partial charge >= 0.3 is 0 Å². The fraction of sp³-hybridized carbons (Fsp3) is 0.786. The molecule has 2 heterocycles. The molecule has 1 N–H and O–H groups in total. The monoisotopic (exact) mass is 233 g/mol. The average molecular weight is 233 g/mol. The van der Waals surface area contributed by atoms with Gasteiger partial charge in [0.25, 0.3) is 0 Å². The van der Waals surface area contributed by atoms with Gasteiger partial charge in [0, 0.05) is 31.2 Å². The summed E-state index contributed by atoms with van der Waals surface area (Å²) in [5, 5.41) is 3.40. The van der Waals surface area contributed by atoms with Gasteiger partial charge < -0.3 is 9.88 Å². The van der Waals surface area contributed by atoms with Crippen LogP contribution in [0.1, 0.15) is 50.5 Å². The zero-order valence-corrected chi connectivity index (χ0v) is 10.9. The zero-order valence-electron chi connectivity index (χ0n) is 10.9. The minimum atomic E-state index is 0.695. The Morgan fingerprint density at radius 2 is 2.24 bits per heavy atom. The van der Waals surface area contributed by atoms with Crippen molar-refractivity contribution < 1.29 is 0 Å². The number of nitrogens with one attached hydrogen (secondary N) is 1. The molecule has 2 aliphatic rings. The number of nitrogens with zero attached hydrogens (tertiary/aromatic N) is 2. The molecule has 1 saturated carbocycles. The third-order valence-electron chi connectivity index (χ3n) is 4.56. The molecular formula is C14H23N3. The second-order valence-electron chi connectivity index (χ2n) is 5.93.